The Morgan fingerprint density at radius 3 is 2.15 bits per heavy atom. The highest BCUT2D eigenvalue weighted by molar-refractivity contribution is 6.41. The Labute approximate surface area is 132 Å². The van der Waals surface area contributed by atoms with E-state index >= 15 is 0 Å². The molecule has 0 aliphatic rings. The lowest BCUT2D eigenvalue weighted by atomic mass is 10.1. The van der Waals surface area contributed by atoms with Gasteiger partial charge < -0.3 is 5.32 Å². The van der Waals surface area contributed by atoms with Gasteiger partial charge >= 0.3 is 0 Å². The second-order valence-electron chi connectivity index (χ2n) is 4.62. The van der Waals surface area contributed by atoms with Gasteiger partial charge in [0.05, 0.1) is 15.7 Å². The lowest BCUT2D eigenvalue weighted by Crippen LogP contribution is -2.18. The van der Waals surface area contributed by atoms with Crippen LogP contribution in [0.4, 0.5) is 10.1 Å². The molecule has 1 nitrogen and oxygen atoms in total. The standard InChI is InChI=1S/C15H13Cl3FN/c1-9(6-10-2-4-12(19)5-3-10)20-15-13(17)7-11(16)8-14(15)18/h2-5,7-9,20H,6H2,1H3. The van der Waals surface area contributed by atoms with Crippen molar-refractivity contribution in [1.82, 2.24) is 0 Å². The lowest BCUT2D eigenvalue weighted by Gasteiger charge is -2.18. The number of rotatable bonds is 4. The fourth-order valence-electron chi connectivity index (χ4n) is 1.95. The second kappa shape index (κ2) is 6.66. The summed E-state index contributed by atoms with van der Waals surface area (Å²) < 4.78 is 12.9. The van der Waals surface area contributed by atoms with E-state index in [2.05, 4.69) is 5.32 Å². The lowest BCUT2D eigenvalue weighted by molar-refractivity contribution is 0.626. The van der Waals surface area contributed by atoms with Crippen LogP contribution in [0, 0.1) is 5.82 Å². The van der Waals surface area contributed by atoms with Gasteiger partial charge in [-0.05, 0) is 43.2 Å². The molecule has 0 spiro atoms. The molecule has 0 aliphatic heterocycles. The molecule has 0 saturated heterocycles. The number of halogens is 4. The average molecular weight is 333 g/mol. The molecule has 5 heteroatoms. The van der Waals surface area contributed by atoms with E-state index < -0.39 is 0 Å². The van der Waals surface area contributed by atoms with Gasteiger partial charge in [-0.2, -0.15) is 0 Å². The molecule has 0 heterocycles. The van der Waals surface area contributed by atoms with E-state index in [0.717, 1.165) is 12.0 Å². The predicted molar refractivity (Wildman–Crippen MR) is 84.7 cm³/mol. The highest BCUT2D eigenvalue weighted by Gasteiger charge is 2.11. The Balaban J connectivity index is 2.08. The number of benzene rings is 2. The Hall–Kier alpha value is -0.960. The first-order valence-electron chi connectivity index (χ1n) is 6.11. The molecular weight excluding hydrogens is 320 g/mol. The van der Waals surface area contributed by atoms with Crippen molar-refractivity contribution in [3.63, 3.8) is 0 Å². The third-order valence-electron chi connectivity index (χ3n) is 2.85. The molecule has 2 aromatic rings. The van der Waals surface area contributed by atoms with Gasteiger partial charge in [0.15, 0.2) is 0 Å². The summed E-state index contributed by atoms with van der Waals surface area (Å²) in [6.45, 7) is 2.00. The highest BCUT2D eigenvalue weighted by atomic mass is 35.5. The summed E-state index contributed by atoms with van der Waals surface area (Å²) in [6.07, 6.45) is 0.732. The van der Waals surface area contributed by atoms with Gasteiger partial charge in [0.1, 0.15) is 5.82 Å². The molecule has 0 radical (unpaired) electrons. The molecule has 2 rings (SSSR count). The second-order valence-corrected chi connectivity index (χ2v) is 5.87. The number of nitrogens with one attached hydrogen (secondary N) is 1. The number of anilines is 1. The maximum absolute atomic E-state index is 12.9. The molecular formula is C15H13Cl3FN. The van der Waals surface area contributed by atoms with E-state index in [1.807, 2.05) is 6.92 Å². The SMILES string of the molecule is CC(Cc1ccc(F)cc1)Nc1c(Cl)cc(Cl)cc1Cl. The third-order valence-corrected chi connectivity index (χ3v) is 3.67. The molecule has 0 aliphatic carbocycles. The fourth-order valence-corrected chi connectivity index (χ4v) is 2.88. The van der Waals surface area contributed by atoms with E-state index in [-0.39, 0.29) is 11.9 Å². The molecule has 0 bridgehead atoms. The van der Waals surface area contributed by atoms with Crippen molar-refractivity contribution >= 4 is 40.5 Å². The van der Waals surface area contributed by atoms with Gasteiger partial charge in [-0.25, -0.2) is 4.39 Å². The van der Waals surface area contributed by atoms with E-state index in [1.165, 1.54) is 12.1 Å². The molecule has 20 heavy (non-hydrogen) atoms. The Bertz CT molecular complexity index is 576. The molecule has 1 atom stereocenters. The maximum Gasteiger partial charge on any atom is 0.123 e. The van der Waals surface area contributed by atoms with Gasteiger partial charge in [-0.1, -0.05) is 46.9 Å². The first kappa shape index (κ1) is 15.4. The summed E-state index contributed by atoms with van der Waals surface area (Å²) in [5, 5.41) is 4.71. The van der Waals surface area contributed by atoms with Crippen molar-refractivity contribution in [2.75, 3.05) is 5.32 Å². The average Bonchev–Trinajstić information content (AvgIpc) is 2.36. The van der Waals surface area contributed by atoms with Gasteiger partial charge in [-0.3, -0.25) is 0 Å². The summed E-state index contributed by atoms with van der Waals surface area (Å²) in [6, 6.07) is 9.80. The van der Waals surface area contributed by atoms with Crippen LogP contribution in [0.15, 0.2) is 36.4 Å². The Morgan fingerprint density at radius 1 is 1.05 bits per heavy atom. The summed E-state index contributed by atoms with van der Waals surface area (Å²) in [4.78, 5) is 0. The third kappa shape index (κ3) is 4.02. The zero-order valence-corrected chi connectivity index (χ0v) is 13.0. The number of hydrogen-bond acceptors (Lipinski definition) is 1. The first-order valence-corrected chi connectivity index (χ1v) is 7.24. The Morgan fingerprint density at radius 2 is 1.60 bits per heavy atom. The van der Waals surface area contributed by atoms with Crippen LogP contribution in [0.1, 0.15) is 12.5 Å². The van der Waals surface area contributed by atoms with Gasteiger partial charge in [0, 0.05) is 11.1 Å². The minimum atomic E-state index is -0.238. The van der Waals surface area contributed by atoms with Crippen LogP contribution in [-0.4, -0.2) is 6.04 Å². The minimum absolute atomic E-state index is 0.0941. The predicted octanol–water partition coefficient (Wildman–Crippen LogP) is 5.83. The Kier molecular flexibility index (Phi) is 5.14. The van der Waals surface area contributed by atoms with Gasteiger partial charge in [0.25, 0.3) is 0 Å². The molecule has 0 aromatic heterocycles. The van der Waals surface area contributed by atoms with E-state index in [0.29, 0.717) is 20.8 Å². The van der Waals surface area contributed by atoms with Crippen LogP contribution in [0.5, 0.6) is 0 Å². The summed E-state index contributed by atoms with van der Waals surface area (Å²) in [5.74, 6) is -0.238. The van der Waals surface area contributed by atoms with Crippen molar-refractivity contribution in [3.05, 3.63) is 62.8 Å². The van der Waals surface area contributed by atoms with Crippen LogP contribution in [0.2, 0.25) is 15.1 Å². The molecule has 0 saturated carbocycles. The fraction of sp³-hybridized carbons (Fsp3) is 0.200. The van der Waals surface area contributed by atoms with Gasteiger partial charge in [-0.15, -0.1) is 0 Å². The maximum atomic E-state index is 12.9. The molecule has 0 amide bonds. The zero-order valence-electron chi connectivity index (χ0n) is 10.8. The van der Waals surface area contributed by atoms with Crippen LogP contribution >= 0.6 is 34.8 Å². The van der Waals surface area contributed by atoms with Crippen LogP contribution in [-0.2, 0) is 6.42 Å². The van der Waals surface area contributed by atoms with E-state index in [9.17, 15) is 4.39 Å². The van der Waals surface area contributed by atoms with Crippen LogP contribution in [0.3, 0.4) is 0 Å². The van der Waals surface area contributed by atoms with Crippen molar-refractivity contribution in [2.45, 2.75) is 19.4 Å². The molecule has 1 unspecified atom stereocenters. The van der Waals surface area contributed by atoms with Crippen LogP contribution in [0.25, 0.3) is 0 Å². The summed E-state index contributed by atoms with van der Waals surface area (Å²) in [7, 11) is 0. The van der Waals surface area contributed by atoms with Crippen LogP contribution < -0.4 is 5.32 Å². The first-order chi connectivity index (χ1) is 9.45. The summed E-state index contributed by atoms with van der Waals surface area (Å²) in [5.41, 5.74) is 1.69. The van der Waals surface area contributed by atoms with Gasteiger partial charge in [0.2, 0.25) is 0 Å². The number of hydrogen-bond donors (Lipinski definition) is 1. The van der Waals surface area contributed by atoms with Crippen molar-refractivity contribution in [2.24, 2.45) is 0 Å². The summed E-state index contributed by atoms with van der Waals surface area (Å²) >= 11 is 18.1. The van der Waals surface area contributed by atoms with Crippen molar-refractivity contribution in [1.29, 1.82) is 0 Å². The molecule has 2 aromatic carbocycles. The molecule has 0 fully saturated rings. The minimum Gasteiger partial charge on any atom is -0.380 e. The normalized spacial score (nSPS) is 12.2. The van der Waals surface area contributed by atoms with Crippen molar-refractivity contribution in [3.8, 4) is 0 Å². The van der Waals surface area contributed by atoms with E-state index in [1.54, 1.807) is 24.3 Å². The monoisotopic (exact) mass is 331 g/mol. The topological polar surface area (TPSA) is 12.0 Å². The van der Waals surface area contributed by atoms with E-state index in [4.69, 9.17) is 34.8 Å². The largest absolute Gasteiger partial charge is 0.380 e. The highest BCUT2D eigenvalue weighted by Crippen LogP contribution is 2.34. The molecule has 1 N–H and O–H groups in total. The quantitative estimate of drug-likeness (QED) is 0.743. The zero-order chi connectivity index (χ0) is 14.7. The van der Waals surface area contributed by atoms with Crippen molar-refractivity contribution < 1.29 is 4.39 Å². The smallest absolute Gasteiger partial charge is 0.123 e. The molecule has 106 valence electrons.